The zero-order chi connectivity index (χ0) is 16.9. The van der Waals surface area contributed by atoms with E-state index in [1.807, 2.05) is 18.6 Å². The average Bonchev–Trinajstić information content (AvgIpc) is 3.30. The minimum atomic E-state index is -0.00686. The van der Waals surface area contributed by atoms with Gasteiger partial charge in [0.25, 0.3) is 5.91 Å². The van der Waals surface area contributed by atoms with Gasteiger partial charge in [0.05, 0.1) is 0 Å². The van der Waals surface area contributed by atoms with Gasteiger partial charge in [0.2, 0.25) is 0 Å². The summed E-state index contributed by atoms with van der Waals surface area (Å²) in [5.74, 6) is 1.02. The highest BCUT2D eigenvalue weighted by Crippen LogP contribution is 2.26. The standard InChI is InChI=1S/C18H24N4OS/c1-3-4-9-21(2)18(23)15-13-24-17(20-15)14-7-8-16(19-12-14)22-10-5-6-11-22/h7-8,12-13H,3-6,9-11H2,1-2H3. The molecule has 24 heavy (non-hydrogen) atoms. The second kappa shape index (κ2) is 7.75. The number of thiazole rings is 1. The van der Waals surface area contributed by atoms with Gasteiger partial charge in [0.1, 0.15) is 16.5 Å². The summed E-state index contributed by atoms with van der Waals surface area (Å²) in [6.07, 6.45) is 6.44. The molecule has 1 amide bonds. The molecule has 0 saturated carbocycles. The number of amides is 1. The third-order valence-corrected chi connectivity index (χ3v) is 5.23. The van der Waals surface area contributed by atoms with Gasteiger partial charge in [-0.2, -0.15) is 0 Å². The first-order chi connectivity index (χ1) is 11.7. The first kappa shape index (κ1) is 16.9. The minimum absolute atomic E-state index is 0.00686. The topological polar surface area (TPSA) is 49.3 Å². The number of hydrogen-bond donors (Lipinski definition) is 0. The predicted molar refractivity (Wildman–Crippen MR) is 98.7 cm³/mol. The maximum atomic E-state index is 12.4. The highest BCUT2D eigenvalue weighted by molar-refractivity contribution is 7.13. The van der Waals surface area contributed by atoms with Crippen LogP contribution >= 0.6 is 11.3 Å². The molecule has 0 N–H and O–H groups in total. The van der Waals surface area contributed by atoms with Gasteiger partial charge >= 0.3 is 0 Å². The van der Waals surface area contributed by atoms with Crippen molar-refractivity contribution in [2.24, 2.45) is 0 Å². The zero-order valence-electron chi connectivity index (χ0n) is 14.4. The first-order valence-corrected chi connectivity index (χ1v) is 9.49. The van der Waals surface area contributed by atoms with Crippen molar-refractivity contribution in [1.82, 2.24) is 14.9 Å². The summed E-state index contributed by atoms with van der Waals surface area (Å²) < 4.78 is 0. The van der Waals surface area contributed by atoms with E-state index in [9.17, 15) is 4.79 Å². The Morgan fingerprint density at radius 3 is 2.79 bits per heavy atom. The molecule has 128 valence electrons. The summed E-state index contributed by atoms with van der Waals surface area (Å²) >= 11 is 1.50. The average molecular weight is 344 g/mol. The number of rotatable bonds is 6. The molecule has 1 aliphatic heterocycles. The number of unbranched alkanes of at least 4 members (excludes halogenated alkanes) is 1. The smallest absolute Gasteiger partial charge is 0.273 e. The van der Waals surface area contributed by atoms with E-state index >= 15 is 0 Å². The Morgan fingerprint density at radius 2 is 2.12 bits per heavy atom. The normalized spacial score (nSPS) is 14.2. The van der Waals surface area contributed by atoms with E-state index < -0.39 is 0 Å². The van der Waals surface area contributed by atoms with Crippen LogP contribution in [0, 0.1) is 0 Å². The largest absolute Gasteiger partial charge is 0.357 e. The lowest BCUT2D eigenvalue weighted by Crippen LogP contribution is -2.27. The van der Waals surface area contributed by atoms with Gasteiger partial charge in [-0.25, -0.2) is 9.97 Å². The molecular formula is C18H24N4OS. The summed E-state index contributed by atoms with van der Waals surface area (Å²) in [7, 11) is 1.84. The molecule has 2 aromatic rings. The van der Waals surface area contributed by atoms with E-state index in [0.717, 1.165) is 48.9 Å². The van der Waals surface area contributed by atoms with Crippen molar-refractivity contribution in [2.45, 2.75) is 32.6 Å². The molecule has 0 aromatic carbocycles. The van der Waals surface area contributed by atoms with E-state index in [2.05, 4.69) is 33.9 Å². The molecule has 0 atom stereocenters. The first-order valence-electron chi connectivity index (χ1n) is 8.61. The van der Waals surface area contributed by atoms with Crippen LogP contribution in [0.5, 0.6) is 0 Å². The Balaban J connectivity index is 1.69. The molecule has 1 aliphatic rings. The van der Waals surface area contributed by atoms with Gasteiger partial charge in [-0.15, -0.1) is 11.3 Å². The molecule has 3 rings (SSSR count). The quantitative estimate of drug-likeness (QED) is 0.802. The van der Waals surface area contributed by atoms with Crippen molar-refractivity contribution in [1.29, 1.82) is 0 Å². The third kappa shape index (κ3) is 3.75. The summed E-state index contributed by atoms with van der Waals surface area (Å²) in [6.45, 7) is 5.07. The van der Waals surface area contributed by atoms with Gasteiger partial charge in [-0.3, -0.25) is 4.79 Å². The van der Waals surface area contributed by atoms with Gasteiger partial charge < -0.3 is 9.80 Å². The number of hydrogen-bond acceptors (Lipinski definition) is 5. The maximum absolute atomic E-state index is 12.4. The lowest BCUT2D eigenvalue weighted by molar-refractivity contribution is 0.0788. The Kier molecular flexibility index (Phi) is 5.45. The van der Waals surface area contributed by atoms with E-state index in [-0.39, 0.29) is 5.91 Å². The molecule has 0 bridgehead atoms. The zero-order valence-corrected chi connectivity index (χ0v) is 15.2. The number of carbonyl (C=O) groups is 1. The molecule has 1 saturated heterocycles. The van der Waals surface area contributed by atoms with E-state index in [1.165, 1.54) is 24.2 Å². The molecular weight excluding hydrogens is 320 g/mol. The SMILES string of the molecule is CCCCN(C)C(=O)c1csc(-c2ccc(N3CCCC3)nc2)n1. The Labute approximate surface area is 147 Å². The second-order valence-corrected chi connectivity index (χ2v) is 7.08. The fourth-order valence-corrected chi connectivity index (χ4v) is 3.63. The van der Waals surface area contributed by atoms with Gasteiger partial charge in [-0.1, -0.05) is 13.3 Å². The molecule has 0 radical (unpaired) electrons. The molecule has 2 aromatic heterocycles. The second-order valence-electron chi connectivity index (χ2n) is 6.22. The van der Waals surface area contributed by atoms with Crippen LogP contribution in [-0.2, 0) is 0 Å². The van der Waals surface area contributed by atoms with Crippen molar-refractivity contribution in [3.05, 3.63) is 29.4 Å². The van der Waals surface area contributed by atoms with Crippen LogP contribution in [0.15, 0.2) is 23.7 Å². The highest BCUT2D eigenvalue weighted by atomic mass is 32.1. The summed E-state index contributed by atoms with van der Waals surface area (Å²) in [5.41, 5.74) is 1.50. The summed E-state index contributed by atoms with van der Waals surface area (Å²) in [6, 6.07) is 4.10. The van der Waals surface area contributed by atoms with E-state index in [1.54, 1.807) is 4.90 Å². The molecule has 3 heterocycles. The number of nitrogens with zero attached hydrogens (tertiary/aromatic N) is 4. The van der Waals surface area contributed by atoms with Crippen LogP contribution in [0.4, 0.5) is 5.82 Å². The van der Waals surface area contributed by atoms with Crippen molar-refractivity contribution in [2.75, 3.05) is 31.6 Å². The van der Waals surface area contributed by atoms with Crippen molar-refractivity contribution in [3.8, 4) is 10.6 Å². The van der Waals surface area contributed by atoms with Crippen molar-refractivity contribution in [3.63, 3.8) is 0 Å². The summed E-state index contributed by atoms with van der Waals surface area (Å²) in [5, 5.41) is 2.69. The number of anilines is 1. The lowest BCUT2D eigenvalue weighted by Gasteiger charge is -2.16. The molecule has 6 heteroatoms. The van der Waals surface area contributed by atoms with Gasteiger partial charge in [0.15, 0.2) is 0 Å². The third-order valence-electron chi connectivity index (χ3n) is 4.34. The van der Waals surface area contributed by atoms with E-state index in [0.29, 0.717) is 5.69 Å². The molecule has 0 spiro atoms. The van der Waals surface area contributed by atoms with Crippen LogP contribution in [-0.4, -0.2) is 47.5 Å². The fourth-order valence-electron chi connectivity index (χ4n) is 2.84. The Hall–Kier alpha value is -1.95. The Bertz CT molecular complexity index is 677. The van der Waals surface area contributed by atoms with Crippen molar-refractivity contribution < 1.29 is 4.79 Å². The minimum Gasteiger partial charge on any atom is -0.357 e. The maximum Gasteiger partial charge on any atom is 0.273 e. The highest BCUT2D eigenvalue weighted by Gasteiger charge is 2.17. The van der Waals surface area contributed by atoms with Crippen LogP contribution in [0.3, 0.4) is 0 Å². The lowest BCUT2D eigenvalue weighted by atomic mass is 10.3. The van der Waals surface area contributed by atoms with Crippen LogP contribution in [0.2, 0.25) is 0 Å². The number of carbonyl (C=O) groups excluding carboxylic acids is 1. The molecule has 1 fully saturated rings. The van der Waals surface area contributed by atoms with E-state index in [4.69, 9.17) is 0 Å². The van der Waals surface area contributed by atoms with Crippen molar-refractivity contribution >= 4 is 23.1 Å². The summed E-state index contributed by atoms with van der Waals surface area (Å²) in [4.78, 5) is 25.5. The number of pyridine rings is 1. The predicted octanol–water partition coefficient (Wildman–Crippen LogP) is 3.68. The molecule has 5 nitrogen and oxygen atoms in total. The molecule has 0 unspecified atom stereocenters. The van der Waals surface area contributed by atoms with Gasteiger partial charge in [0, 0.05) is 43.8 Å². The monoisotopic (exact) mass is 344 g/mol. The van der Waals surface area contributed by atoms with Crippen LogP contribution in [0.25, 0.3) is 10.6 Å². The fraction of sp³-hybridized carbons (Fsp3) is 0.500. The van der Waals surface area contributed by atoms with Gasteiger partial charge in [-0.05, 0) is 31.4 Å². The number of aromatic nitrogens is 2. The molecule has 0 aliphatic carbocycles. The Morgan fingerprint density at radius 1 is 1.33 bits per heavy atom. The van der Waals surface area contributed by atoms with Crippen LogP contribution in [0.1, 0.15) is 43.1 Å². The van der Waals surface area contributed by atoms with Crippen LogP contribution < -0.4 is 4.90 Å².